The maximum Gasteiger partial charge on any atom is 0.134 e. The summed E-state index contributed by atoms with van der Waals surface area (Å²) in [5, 5.41) is 12.9. The summed E-state index contributed by atoms with van der Waals surface area (Å²) in [5.74, 6) is 0. The van der Waals surface area contributed by atoms with E-state index < -0.39 is 0 Å². The third kappa shape index (κ3) is 1.92. The zero-order valence-electron chi connectivity index (χ0n) is 12.6. The van der Waals surface area contributed by atoms with Crippen LogP contribution in [0.5, 0.6) is 0 Å². The van der Waals surface area contributed by atoms with Crippen LogP contribution in [-0.2, 0) is 6.42 Å². The molecular weight excluding hydrogens is 272 g/mol. The molecule has 22 heavy (non-hydrogen) atoms. The van der Waals surface area contributed by atoms with Gasteiger partial charge in [0.25, 0.3) is 0 Å². The molecule has 1 aliphatic carbocycles. The number of hydrogen-bond donors (Lipinski definition) is 1. The summed E-state index contributed by atoms with van der Waals surface area (Å²) in [7, 11) is 0. The highest BCUT2D eigenvalue weighted by Crippen LogP contribution is 2.44. The van der Waals surface area contributed by atoms with Crippen molar-refractivity contribution in [3.05, 3.63) is 59.9 Å². The largest absolute Gasteiger partial charge is 0.464 e. The second-order valence-electron chi connectivity index (χ2n) is 5.88. The second kappa shape index (κ2) is 5.15. The molecule has 0 spiro atoms. The monoisotopic (exact) mass is 290 g/mol. The van der Waals surface area contributed by atoms with Gasteiger partial charge >= 0.3 is 0 Å². The van der Waals surface area contributed by atoms with Crippen LogP contribution in [0.3, 0.4) is 0 Å². The minimum atomic E-state index is 0.217. The van der Waals surface area contributed by atoms with Crippen LogP contribution in [0.15, 0.2) is 53.1 Å². The lowest BCUT2D eigenvalue weighted by Crippen LogP contribution is -1.91. The molecule has 2 aromatic rings. The highest BCUT2D eigenvalue weighted by Gasteiger charge is 2.20. The molecule has 0 saturated carbocycles. The average molecular weight is 290 g/mol. The van der Waals surface area contributed by atoms with E-state index in [0.29, 0.717) is 0 Å². The van der Waals surface area contributed by atoms with Crippen molar-refractivity contribution in [2.75, 3.05) is 6.61 Å². The third-order valence-corrected chi connectivity index (χ3v) is 4.41. The first-order chi connectivity index (χ1) is 10.8. The van der Waals surface area contributed by atoms with E-state index in [1.54, 1.807) is 0 Å². The van der Waals surface area contributed by atoms with Gasteiger partial charge in [0, 0.05) is 23.1 Å². The van der Waals surface area contributed by atoms with Crippen LogP contribution in [0.1, 0.15) is 17.5 Å². The predicted molar refractivity (Wildman–Crippen MR) is 90.5 cm³/mol. The van der Waals surface area contributed by atoms with Gasteiger partial charge in [-0.25, -0.2) is 0 Å². The first-order valence-electron chi connectivity index (χ1n) is 7.71. The zero-order valence-corrected chi connectivity index (χ0v) is 12.6. The standard InChI is InChI=1S/C20H18O2/c1-13-8-9-14-15(6-4-10-21)20-16-5-2-3-7-19(16)22-12-18(20)17(14)11-13/h2-3,5,7-9,11-12,21H,4,6,10H2,1H3. The smallest absolute Gasteiger partial charge is 0.134 e. The fourth-order valence-electron chi connectivity index (χ4n) is 3.42. The Morgan fingerprint density at radius 3 is 2.73 bits per heavy atom. The average Bonchev–Trinajstić information content (AvgIpc) is 2.86. The Kier molecular flexibility index (Phi) is 3.12. The lowest BCUT2D eigenvalue weighted by Gasteiger charge is -2.08. The van der Waals surface area contributed by atoms with Crippen molar-refractivity contribution in [1.82, 2.24) is 0 Å². The molecule has 0 aromatic heterocycles. The fraction of sp³-hybridized carbons (Fsp3) is 0.200. The van der Waals surface area contributed by atoms with Crippen molar-refractivity contribution in [3.8, 4) is 11.1 Å². The quantitative estimate of drug-likeness (QED) is 0.580. The van der Waals surface area contributed by atoms with Crippen molar-refractivity contribution < 1.29 is 9.52 Å². The molecule has 0 fully saturated rings. The highest BCUT2D eigenvalue weighted by molar-refractivity contribution is 6.12. The Morgan fingerprint density at radius 1 is 1.00 bits per heavy atom. The van der Waals surface area contributed by atoms with Crippen molar-refractivity contribution in [2.45, 2.75) is 19.8 Å². The predicted octanol–water partition coefficient (Wildman–Crippen LogP) is 4.92. The van der Waals surface area contributed by atoms with Crippen molar-refractivity contribution >= 4 is 21.7 Å². The van der Waals surface area contributed by atoms with Crippen LogP contribution in [0, 0.1) is 6.92 Å². The van der Waals surface area contributed by atoms with E-state index in [9.17, 15) is 5.11 Å². The number of aryl methyl sites for hydroxylation is 2. The minimum Gasteiger partial charge on any atom is -0.464 e. The Morgan fingerprint density at radius 2 is 1.86 bits per heavy atom. The SMILES string of the molecule is Cc1ccc2c(CCCO)c3c4ccccc4occ-3c2c1. The van der Waals surface area contributed by atoms with E-state index in [4.69, 9.17) is 4.42 Å². The Labute approximate surface area is 129 Å². The summed E-state index contributed by atoms with van der Waals surface area (Å²) in [4.78, 5) is 0. The maximum atomic E-state index is 9.25. The molecule has 4 rings (SSSR count). The second-order valence-corrected chi connectivity index (χ2v) is 5.88. The summed E-state index contributed by atoms with van der Waals surface area (Å²) in [6.07, 6.45) is 3.54. The minimum absolute atomic E-state index is 0.217. The van der Waals surface area contributed by atoms with Gasteiger partial charge in [0.15, 0.2) is 0 Å². The normalized spacial score (nSPS) is 11.7. The fourth-order valence-corrected chi connectivity index (χ4v) is 3.42. The van der Waals surface area contributed by atoms with Crippen LogP contribution < -0.4 is 0 Å². The summed E-state index contributed by atoms with van der Waals surface area (Å²) < 4.78 is 5.84. The molecule has 0 atom stereocenters. The third-order valence-electron chi connectivity index (χ3n) is 4.41. The van der Waals surface area contributed by atoms with E-state index in [1.165, 1.54) is 33.0 Å². The van der Waals surface area contributed by atoms with Crippen LogP contribution in [-0.4, -0.2) is 11.7 Å². The van der Waals surface area contributed by atoms with Gasteiger partial charge in [-0.2, -0.15) is 0 Å². The summed E-state index contributed by atoms with van der Waals surface area (Å²) in [6, 6.07) is 14.8. The molecule has 1 N–H and O–H groups in total. The Hall–Kier alpha value is -2.32. The van der Waals surface area contributed by atoms with Crippen molar-refractivity contribution in [1.29, 1.82) is 0 Å². The molecule has 110 valence electrons. The summed E-state index contributed by atoms with van der Waals surface area (Å²) in [5.41, 5.74) is 5.93. The molecule has 0 amide bonds. The number of hydrogen-bond acceptors (Lipinski definition) is 2. The van der Waals surface area contributed by atoms with Gasteiger partial charge in [0.2, 0.25) is 0 Å². The summed E-state index contributed by atoms with van der Waals surface area (Å²) >= 11 is 0. The molecule has 2 aromatic carbocycles. The lowest BCUT2D eigenvalue weighted by molar-refractivity contribution is 0.289. The summed E-state index contributed by atoms with van der Waals surface area (Å²) in [6.45, 7) is 2.33. The van der Waals surface area contributed by atoms with E-state index in [0.717, 1.165) is 23.8 Å². The molecule has 2 nitrogen and oxygen atoms in total. The van der Waals surface area contributed by atoms with Gasteiger partial charge < -0.3 is 9.52 Å². The first-order valence-corrected chi connectivity index (χ1v) is 7.71. The molecule has 0 saturated heterocycles. The van der Waals surface area contributed by atoms with E-state index >= 15 is 0 Å². The van der Waals surface area contributed by atoms with Crippen molar-refractivity contribution in [2.24, 2.45) is 0 Å². The van der Waals surface area contributed by atoms with Gasteiger partial charge in [0.05, 0.1) is 6.26 Å². The highest BCUT2D eigenvalue weighted by atomic mass is 16.3. The van der Waals surface area contributed by atoms with E-state index in [-0.39, 0.29) is 6.61 Å². The van der Waals surface area contributed by atoms with Crippen LogP contribution in [0.25, 0.3) is 32.9 Å². The first kappa shape index (κ1) is 13.4. The molecule has 1 aliphatic heterocycles. The van der Waals surface area contributed by atoms with Gasteiger partial charge in [-0.15, -0.1) is 0 Å². The van der Waals surface area contributed by atoms with Crippen LogP contribution in [0.2, 0.25) is 0 Å². The number of rotatable bonds is 3. The molecule has 1 heterocycles. The number of fused-ring (bicyclic) bond motifs is 5. The van der Waals surface area contributed by atoms with E-state index in [1.807, 2.05) is 18.4 Å². The lowest BCUT2D eigenvalue weighted by atomic mass is 9.99. The number of aliphatic hydroxyl groups excluding tert-OH is 1. The maximum absolute atomic E-state index is 9.25. The topological polar surface area (TPSA) is 33.4 Å². The van der Waals surface area contributed by atoms with Gasteiger partial charge in [0.1, 0.15) is 5.58 Å². The Balaban J connectivity index is 2.15. The van der Waals surface area contributed by atoms with Crippen LogP contribution >= 0.6 is 0 Å². The van der Waals surface area contributed by atoms with Gasteiger partial charge in [-0.3, -0.25) is 0 Å². The van der Waals surface area contributed by atoms with Gasteiger partial charge in [-0.1, -0.05) is 42.0 Å². The molecular formula is C20H18O2. The molecule has 2 heteroatoms. The molecule has 0 bridgehead atoms. The Bertz CT molecular complexity index is 933. The number of aliphatic hydroxyl groups is 1. The molecule has 0 unspecified atom stereocenters. The molecule has 0 radical (unpaired) electrons. The van der Waals surface area contributed by atoms with Crippen molar-refractivity contribution in [3.63, 3.8) is 0 Å². The van der Waals surface area contributed by atoms with Crippen LogP contribution in [0.4, 0.5) is 0 Å². The molecule has 2 aliphatic rings. The number of para-hydroxylation sites is 1. The zero-order chi connectivity index (χ0) is 15.1. The van der Waals surface area contributed by atoms with Gasteiger partial charge in [-0.05, 0) is 42.2 Å². The van der Waals surface area contributed by atoms with E-state index in [2.05, 4.69) is 37.3 Å². The number of benzene rings is 2.